The molecule has 3 heterocycles. The summed E-state index contributed by atoms with van der Waals surface area (Å²) in [6.45, 7) is 0. The van der Waals surface area contributed by atoms with Gasteiger partial charge in [0.25, 0.3) is 0 Å². The molecule has 0 amide bonds. The highest BCUT2D eigenvalue weighted by molar-refractivity contribution is 6.68. The first-order valence-corrected chi connectivity index (χ1v) is 18.8. The van der Waals surface area contributed by atoms with E-state index in [1.807, 2.05) is 30.3 Å². The maximum absolute atomic E-state index is 6.82. The fourth-order valence-electron chi connectivity index (χ4n) is 8.47. The van der Waals surface area contributed by atoms with Crippen molar-refractivity contribution in [3.8, 4) is 51.0 Å². The van der Waals surface area contributed by atoms with E-state index in [-0.39, 0.29) is 0 Å². The zero-order chi connectivity index (χ0) is 37.4. The molecule has 3 aromatic heterocycles. The van der Waals surface area contributed by atoms with Gasteiger partial charge in [-0.15, -0.1) is 16.4 Å². The van der Waals surface area contributed by atoms with Crippen LogP contribution in [0, 0.1) is 0 Å². The fraction of sp³-hybridized carbons (Fsp3) is 0. The minimum absolute atomic E-state index is 0.596. The molecule has 7 aromatic carbocycles. The minimum Gasteiger partial charge on any atom is -0.454 e. The zero-order valence-corrected chi connectivity index (χ0v) is 31.5. The summed E-state index contributed by atoms with van der Waals surface area (Å²) in [6, 6.07) is 48.5. The molecule has 0 spiro atoms. The quantitative estimate of drug-likeness (QED) is 0.260. The SMILES string of the molecule is Bc1c(B)c(B)c(-c2cccc(-c3nc(-c4ccccc4)nc(-c4cccc5oc6c(-n7c8ccccc8c8ccccc87)cccc6c45)n3)c2)c(B)c1B. The molecular formula is C45H33B5N4O. The normalized spacial score (nSPS) is 11.6. The van der Waals surface area contributed by atoms with Crippen molar-refractivity contribution in [3.63, 3.8) is 0 Å². The van der Waals surface area contributed by atoms with Gasteiger partial charge < -0.3 is 8.98 Å². The van der Waals surface area contributed by atoms with Gasteiger partial charge >= 0.3 is 0 Å². The first kappa shape index (κ1) is 33.1. The van der Waals surface area contributed by atoms with Gasteiger partial charge in [-0.2, -0.15) is 0 Å². The molecule has 0 aliphatic rings. The number of benzene rings is 7. The molecule has 55 heavy (non-hydrogen) atoms. The molecule has 0 fully saturated rings. The Labute approximate surface area is 323 Å². The highest BCUT2D eigenvalue weighted by Gasteiger charge is 2.22. The predicted octanol–water partition coefficient (Wildman–Crippen LogP) is 2.83. The van der Waals surface area contributed by atoms with Crippen LogP contribution in [0.1, 0.15) is 0 Å². The van der Waals surface area contributed by atoms with Gasteiger partial charge in [0.05, 0.1) is 16.7 Å². The van der Waals surface area contributed by atoms with Crippen LogP contribution in [0.2, 0.25) is 0 Å². The lowest BCUT2D eigenvalue weighted by Crippen LogP contribution is -2.55. The molecule has 0 saturated heterocycles. The Morgan fingerprint density at radius 1 is 0.436 bits per heavy atom. The molecule has 0 radical (unpaired) electrons. The third-order valence-electron chi connectivity index (χ3n) is 11.6. The van der Waals surface area contributed by atoms with Crippen LogP contribution in [-0.2, 0) is 0 Å². The largest absolute Gasteiger partial charge is 0.454 e. The van der Waals surface area contributed by atoms with E-state index in [0.717, 1.165) is 60.9 Å². The van der Waals surface area contributed by atoms with Crippen molar-refractivity contribution in [1.29, 1.82) is 0 Å². The van der Waals surface area contributed by atoms with Crippen molar-refractivity contribution in [2.24, 2.45) is 0 Å². The molecule has 0 atom stereocenters. The van der Waals surface area contributed by atoms with Crippen molar-refractivity contribution in [1.82, 2.24) is 19.5 Å². The van der Waals surface area contributed by atoms with Gasteiger partial charge in [-0.25, -0.2) is 15.0 Å². The van der Waals surface area contributed by atoms with E-state index in [9.17, 15) is 0 Å². The number of hydrogen-bond acceptors (Lipinski definition) is 4. The van der Waals surface area contributed by atoms with Crippen LogP contribution in [0.15, 0.2) is 144 Å². The lowest BCUT2D eigenvalue weighted by atomic mass is 9.59. The van der Waals surface area contributed by atoms with Crippen LogP contribution < -0.4 is 27.3 Å². The standard InChI is InChI=1S/C45H33B5N4O/c46-37-35(38(47)40(49)41(50)39(37)48)25-13-8-14-26(23-25)44-51-43(24-11-2-1-3-12-24)52-45(53-44)30-18-10-22-34-36(30)29-17-9-21-33(42(29)55-34)54-31-19-6-4-15-27(31)28-16-5-7-20-32(28)54/h1-23H,46-50H2. The van der Waals surface area contributed by atoms with Crippen LogP contribution >= 0.6 is 0 Å². The second-order valence-corrected chi connectivity index (χ2v) is 14.6. The lowest BCUT2D eigenvalue weighted by Gasteiger charge is -2.20. The molecule has 10 aromatic rings. The van der Waals surface area contributed by atoms with Crippen LogP contribution in [0.25, 0.3) is 94.7 Å². The Kier molecular flexibility index (Phi) is 7.70. The summed E-state index contributed by atoms with van der Waals surface area (Å²) >= 11 is 0. The summed E-state index contributed by atoms with van der Waals surface area (Å²) in [5, 5.41) is 4.40. The Morgan fingerprint density at radius 3 is 1.67 bits per heavy atom. The van der Waals surface area contributed by atoms with E-state index in [0.29, 0.717) is 17.5 Å². The summed E-state index contributed by atoms with van der Waals surface area (Å²) in [4.78, 5) is 15.5. The molecule has 0 saturated carbocycles. The van der Waals surface area contributed by atoms with Gasteiger partial charge in [0, 0.05) is 38.2 Å². The van der Waals surface area contributed by atoms with Gasteiger partial charge in [0.15, 0.2) is 23.1 Å². The third kappa shape index (κ3) is 5.19. The summed E-state index contributed by atoms with van der Waals surface area (Å²) in [5.74, 6) is 1.84. The molecule has 254 valence electrons. The summed E-state index contributed by atoms with van der Waals surface area (Å²) in [5.41, 5.74) is 16.7. The number of para-hydroxylation sites is 3. The van der Waals surface area contributed by atoms with Crippen LogP contribution in [0.5, 0.6) is 0 Å². The Balaban J connectivity index is 1.20. The van der Waals surface area contributed by atoms with Gasteiger partial charge in [-0.3, -0.25) is 0 Å². The Hall–Kier alpha value is -6.53. The van der Waals surface area contributed by atoms with E-state index < -0.39 is 0 Å². The molecule has 0 N–H and O–H groups in total. The number of fused-ring (bicyclic) bond motifs is 6. The average Bonchev–Trinajstić information content (AvgIpc) is 3.79. The highest BCUT2D eigenvalue weighted by Crippen LogP contribution is 2.41. The van der Waals surface area contributed by atoms with Gasteiger partial charge in [-0.05, 0) is 41.5 Å². The number of furan rings is 1. The van der Waals surface area contributed by atoms with E-state index >= 15 is 0 Å². The van der Waals surface area contributed by atoms with Crippen molar-refractivity contribution in [3.05, 3.63) is 140 Å². The van der Waals surface area contributed by atoms with Gasteiger partial charge in [0.2, 0.25) is 0 Å². The molecule has 0 aliphatic heterocycles. The second kappa shape index (κ2) is 12.8. The number of nitrogens with zero attached hydrogens (tertiary/aromatic N) is 4. The average molecular weight is 700 g/mol. The zero-order valence-electron chi connectivity index (χ0n) is 31.5. The van der Waals surface area contributed by atoms with Crippen molar-refractivity contribution in [2.75, 3.05) is 0 Å². The molecule has 0 aliphatic carbocycles. The lowest BCUT2D eigenvalue weighted by molar-refractivity contribution is 0.666. The van der Waals surface area contributed by atoms with Crippen LogP contribution in [0.4, 0.5) is 0 Å². The molecular weight excluding hydrogens is 667 g/mol. The van der Waals surface area contributed by atoms with Gasteiger partial charge in [0.1, 0.15) is 44.8 Å². The first-order valence-electron chi connectivity index (χ1n) is 18.8. The second-order valence-electron chi connectivity index (χ2n) is 14.6. The monoisotopic (exact) mass is 700 g/mol. The van der Waals surface area contributed by atoms with Crippen molar-refractivity contribution >= 4 is 110 Å². The van der Waals surface area contributed by atoms with Gasteiger partial charge in [-0.1, -0.05) is 120 Å². The maximum Gasteiger partial charge on any atom is 0.164 e. The number of aromatic nitrogens is 4. The van der Waals surface area contributed by atoms with E-state index in [1.54, 1.807) is 0 Å². The first-order chi connectivity index (χ1) is 26.9. The topological polar surface area (TPSA) is 56.7 Å². The Bertz CT molecular complexity index is 3090. The highest BCUT2D eigenvalue weighted by atomic mass is 16.3. The predicted molar refractivity (Wildman–Crippen MR) is 244 cm³/mol. The number of rotatable bonds is 5. The minimum atomic E-state index is 0.596. The molecule has 10 heteroatoms. The van der Waals surface area contributed by atoms with Crippen molar-refractivity contribution < 1.29 is 4.42 Å². The smallest absolute Gasteiger partial charge is 0.164 e. The van der Waals surface area contributed by atoms with E-state index in [2.05, 4.69) is 153 Å². The maximum atomic E-state index is 6.82. The Morgan fingerprint density at radius 2 is 0.964 bits per heavy atom. The summed E-state index contributed by atoms with van der Waals surface area (Å²) in [7, 11) is 11.1. The molecule has 0 unspecified atom stereocenters. The van der Waals surface area contributed by atoms with Crippen LogP contribution in [0.3, 0.4) is 0 Å². The third-order valence-corrected chi connectivity index (χ3v) is 11.6. The molecule has 10 rings (SSSR count). The molecule has 5 nitrogen and oxygen atoms in total. The summed E-state index contributed by atoms with van der Waals surface area (Å²) in [6.07, 6.45) is 0. The van der Waals surface area contributed by atoms with Crippen molar-refractivity contribution in [2.45, 2.75) is 0 Å². The number of hydrogen-bond donors (Lipinski definition) is 0. The fourth-order valence-corrected chi connectivity index (χ4v) is 8.47. The van der Waals surface area contributed by atoms with E-state index in [1.165, 1.54) is 43.6 Å². The molecule has 0 bridgehead atoms. The summed E-state index contributed by atoms with van der Waals surface area (Å²) < 4.78 is 9.14. The van der Waals surface area contributed by atoms with Crippen LogP contribution in [-0.4, -0.2) is 58.8 Å². The van der Waals surface area contributed by atoms with E-state index in [4.69, 9.17) is 19.4 Å².